The first-order chi connectivity index (χ1) is 10.2. The van der Waals surface area contributed by atoms with Crippen LogP contribution in [-0.2, 0) is 0 Å². The van der Waals surface area contributed by atoms with E-state index >= 15 is 0 Å². The zero-order valence-corrected chi connectivity index (χ0v) is 12.0. The maximum atomic E-state index is 12.7. The molecule has 1 fully saturated rings. The summed E-state index contributed by atoms with van der Waals surface area (Å²) in [6.45, 7) is 2.68. The van der Waals surface area contributed by atoms with Gasteiger partial charge in [0, 0.05) is 12.1 Å². The van der Waals surface area contributed by atoms with E-state index in [1.165, 1.54) is 6.26 Å². The van der Waals surface area contributed by atoms with Crippen LogP contribution < -0.4 is 0 Å². The highest BCUT2D eigenvalue weighted by atomic mass is 16.3. The Labute approximate surface area is 124 Å². The van der Waals surface area contributed by atoms with E-state index in [2.05, 4.69) is 5.92 Å². The molecule has 0 spiro atoms. The largest absolute Gasteiger partial charge is 0.471 e. The molecular formula is C18H17NO2. The van der Waals surface area contributed by atoms with Crippen LogP contribution in [0.1, 0.15) is 45.9 Å². The van der Waals surface area contributed by atoms with Crippen molar-refractivity contribution in [3.05, 3.63) is 59.0 Å². The molecule has 3 rings (SSSR count). The van der Waals surface area contributed by atoms with Crippen LogP contribution >= 0.6 is 0 Å². The lowest BCUT2D eigenvalue weighted by molar-refractivity contribution is 0.0734. The van der Waals surface area contributed by atoms with Crippen LogP contribution in [0.15, 0.2) is 41.2 Å². The van der Waals surface area contributed by atoms with Crippen molar-refractivity contribution >= 4 is 5.91 Å². The molecule has 1 aliphatic rings. The number of furan rings is 1. The Kier molecular flexibility index (Phi) is 3.53. The van der Waals surface area contributed by atoms with Gasteiger partial charge in [0.05, 0.1) is 17.9 Å². The SMILES string of the molecule is C#Cc1ccc(C2CCCN2C(=O)c2cocc2C)cc1. The van der Waals surface area contributed by atoms with E-state index in [0.29, 0.717) is 5.56 Å². The molecule has 0 N–H and O–H groups in total. The Bertz CT molecular complexity index is 691. The molecule has 1 atom stereocenters. The highest BCUT2D eigenvalue weighted by molar-refractivity contribution is 5.95. The summed E-state index contributed by atoms with van der Waals surface area (Å²) in [5.74, 6) is 2.66. The van der Waals surface area contributed by atoms with Gasteiger partial charge in [-0.25, -0.2) is 0 Å². The predicted octanol–water partition coefficient (Wildman–Crippen LogP) is 3.55. The summed E-state index contributed by atoms with van der Waals surface area (Å²) in [5, 5.41) is 0. The lowest BCUT2D eigenvalue weighted by Crippen LogP contribution is -2.30. The van der Waals surface area contributed by atoms with Crippen LogP contribution in [-0.4, -0.2) is 17.4 Å². The lowest BCUT2D eigenvalue weighted by atomic mass is 10.0. The molecule has 0 saturated carbocycles. The Balaban J connectivity index is 1.87. The number of carbonyl (C=O) groups excluding carboxylic acids is 1. The van der Waals surface area contributed by atoms with Gasteiger partial charge in [-0.05, 0) is 43.0 Å². The first-order valence-electron chi connectivity index (χ1n) is 7.11. The molecule has 2 heterocycles. The van der Waals surface area contributed by atoms with Crippen LogP contribution in [0.4, 0.5) is 0 Å². The average Bonchev–Trinajstić information content (AvgIpc) is 3.15. The summed E-state index contributed by atoms with van der Waals surface area (Å²) in [7, 11) is 0. The Morgan fingerprint density at radius 1 is 1.33 bits per heavy atom. The smallest absolute Gasteiger partial charge is 0.257 e. The zero-order chi connectivity index (χ0) is 14.8. The van der Waals surface area contributed by atoms with Crippen LogP contribution in [0.3, 0.4) is 0 Å². The molecule has 1 aromatic heterocycles. The van der Waals surface area contributed by atoms with Crippen LogP contribution in [0.5, 0.6) is 0 Å². The molecule has 106 valence electrons. The zero-order valence-electron chi connectivity index (χ0n) is 12.0. The molecule has 2 aromatic rings. The van der Waals surface area contributed by atoms with Gasteiger partial charge in [-0.15, -0.1) is 6.42 Å². The van der Waals surface area contributed by atoms with Gasteiger partial charge in [-0.3, -0.25) is 4.79 Å². The van der Waals surface area contributed by atoms with Crippen LogP contribution in [0.2, 0.25) is 0 Å². The van der Waals surface area contributed by atoms with Crippen molar-refractivity contribution < 1.29 is 9.21 Å². The maximum absolute atomic E-state index is 12.7. The summed E-state index contributed by atoms with van der Waals surface area (Å²) < 4.78 is 5.13. The third kappa shape index (κ3) is 2.45. The van der Waals surface area contributed by atoms with Gasteiger partial charge < -0.3 is 9.32 Å². The molecule has 1 aromatic carbocycles. The van der Waals surface area contributed by atoms with Crippen LogP contribution in [0.25, 0.3) is 0 Å². The minimum absolute atomic E-state index is 0.0461. The third-order valence-corrected chi connectivity index (χ3v) is 4.06. The number of rotatable bonds is 2. The van der Waals surface area contributed by atoms with Crippen molar-refractivity contribution in [3.8, 4) is 12.3 Å². The van der Waals surface area contributed by atoms with Crippen LogP contribution in [0, 0.1) is 19.3 Å². The molecule has 1 aliphatic heterocycles. The number of likely N-dealkylation sites (tertiary alicyclic amines) is 1. The minimum atomic E-state index is 0.0461. The lowest BCUT2D eigenvalue weighted by Gasteiger charge is -2.25. The van der Waals surface area contributed by atoms with E-state index in [1.54, 1.807) is 6.26 Å². The fourth-order valence-electron chi connectivity index (χ4n) is 2.89. The van der Waals surface area contributed by atoms with Gasteiger partial charge >= 0.3 is 0 Å². The van der Waals surface area contributed by atoms with Crippen molar-refractivity contribution in [1.82, 2.24) is 4.90 Å². The van der Waals surface area contributed by atoms with Gasteiger partial charge in [0.15, 0.2) is 0 Å². The minimum Gasteiger partial charge on any atom is -0.471 e. The number of carbonyl (C=O) groups is 1. The molecule has 3 heteroatoms. The first-order valence-corrected chi connectivity index (χ1v) is 7.11. The monoisotopic (exact) mass is 279 g/mol. The maximum Gasteiger partial charge on any atom is 0.257 e. The van der Waals surface area contributed by atoms with Gasteiger partial charge in [0.1, 0.15) is 6.26 Å². The summed E-state index contributed by atoms with van der Waals surface area (Å²) >= 11 is 0. The number of terminal acetylenes is 1. The van der Waals surface area contributed by atoms with E-state index in [0.717, 1.165) is 36.1 Å². The quantitative estimate of drug-likeness (QED) is 0.788. The highest BCUT2D eigenvalue weighted by Crippen LogP contribution is 2.33. The van der Waals surface area contributed by atoms with Crippen molar-refractivity contribution in [2.75, 3.05) is 6.54 Å². The molecule has 3 nitrogen and oxygen atoms in total. The summed E-state index contributed by atoms with van der Waals surface area (Å²) in [4.78, 5) is 14.6. The standard InChI is InChI=1S/C18H17NO2/c1-3-14-6-8-15(9-7-14)17-5-4-10-19(17)18(20)16-12-21-11-13(16)2/h1,6-9,11-12,17H,4-5,10H2,2H3. The summed E-state index contributed by atoms with van der Waals surface area (Å²) in [6, 6.07) is 8.03. The fourth-order valence-corrected chi connectivity index (χ4v) is 2.89. The van der Waals surface area contributed by atoms with Gasteiger partial charge in [0.2, 0.25) is 0 Å². The van der Waals surface area contributed by atoms with Crippen molar-refractivity contribution in [2.45, 2.75) is 25.8 Å². The number of aryl methyl sites for hydroxylation is 1. The van der Waals surface area contributed by atoms with Gasteiger partial charge in [-0.1, -0.05) is 18.1 Å². The van der Waals surface area contributed by atoms with Gasteiger partial charge in [-0.2, -0.15) is 0 Å². The average molecular weight is 279 g/mol. The number of amides is 1. The molecule has 0 radical (unpaired) electrons. The van der Waals surface area contributed by atoms with E-state index in [9.17, 15) is 4.79 Å². The summed E-state index contributed by atoms with van der Waals surface area (Å²) in [6.07, 6.45) is 10.5. The second-order valence-corrected chi connectivity index (χ2v) is 5.39. The Hall–Kier alpha value is -2.47. The molecule has 1 unspecified atom stereocenters. The van der Waals surface area contributed by atoms with E-state index < -0.39 is 0 Å². The predicted molar refractivity (Wildman–Crippen MR) is 80.8 cm³/mol. The van der Waals surface area contributed by atoms with Crippen molar-refractivity contribution in [3.63, 3.8) is 0 Å². The van der Waals surface area contributed by atoms with Gasteiger partial charge in [0.25, 0.3) is 5.91 Å². The molecule has 1 amide bonds. The molecule has 21 heavy (non-hydrogen) atoms. The number of nitrogens with zero attached hydrogens (tertiary/aromatic N) is 1. The molecule has 1 saturated heterocycles. The number of hydrogen-bond acceptors (Lipinski definition) is 2. The Morgan fingerprint density at radius 3 is 2.71 bits per heavy atom. The number of hydrogen-bond donors (Lipinski definition) is 0. The first kappa shape index (κ1) is 13.5. The van der Waals surface area contributed by atoms with Crippen molar-refractivity contribution in [2.24, 2.45) is 0 Å². The molecular weight excluding hydrogens is 262 g/mol. The molecule has 0 aliphatic carbocycles. The second-order valence-electron chi connectivity index (χ2n) is 5.39. The normalized spacial score (nSPS) is 17.7. The topological polar surface area (TPSA) is 33.5 Å². The number of benzene rings is 1. The third-order valence-electron chi connectivity index (χ3n) is 4.06. The van der Waals surface area contributed by atoms with E-state index in [4.69, 9.17) is 10.8 Å². The second kappa shape index (κ2) is 5.49. The fraction of sp³-hybridized carbons (Fsp3) is 0.278. The highest BCUT2D eigenvalue weighted by Gasteiger charge is 2.31. The summed E-state index contributed by atoms with van der Waals surface area (Å²) in [5.41, 5.74) is 3.54. The van der Waals surface area contributed by atoms with Crippen molar-refractivity contribution in [1.29, 1.82) is 0 Å². The van der Waals surface area contributed by atoms with E-state index in [1.807, 2.05) is 36.1 Å². The van der Waals surface area contributed by atoms with E-state index in [-0.39, 0.29) is 11.9 Å². The molecule has 0 bridgehead atoms. The Morgan fingerprint density at radius 2 is 2.10 bits per heavy atom.